The van der Waals surface area contributed by atoms with Crippen LogP contribution in [0.1, 0.15) is 109 Å². The zero-order valence-electron chi connectivity index (χ0n) is 23.4. The smallest absolute Gasteiger partial charge is 0.102 e. The molecule has 0 saturated carbocycles. The molecule has 0 radical (unpaired) electrons. The van der Waals surface area contributed by atoms with E-state index in [2.05, 4.69) is 113 Å². The molecule has 0 aliphatic rings. The van der Waals surface area contributed by atoms with Gasteiger partial charge in [-0.2, -0.15) is 0 Å². The van der Waals surface area contributed by atoms with E-state index in [0.29, 0.717) is 16.2 Å². The zero-order valence-corrected chi connectivity index (χ0v) is 23.4. The van der Waals surface area contributed by atoms with Gasteiger partial charge in [-0.1, -0.05) is 97.9 Å². The Labute approximate surface area is 213 Å². The van der Waals surface area contributed by atoms with Crippen LogP contribution in [0.5, 0.6) is 0 Å². The normalized spacial score (nSPS) is 9.59. The monoisotopic (exact) mass is 480 g/mol. The first-order chi connectivity index (χ1) is 14.3. The topological polar surface area (TPSA) is 86.0 Å². The van der Waals surface area contributed by atoms with Crippen molar-refractivity contribution in [3.63, 3.8) is 0 Å². The standard InChI is InChI=1S/3C5H12.2C4H6N2.C3H4N2.2CH4/c3*1-5(2,3)4;1-4-2-5-3-6-4;1-4-5-2-3-6-4;1-2-5-3-4-1;;/h3*1-4H3;2*2-3H,1H3,(H,5,6);1-3H,(H,4,5);2*1H4. The number of hydrogen-bond donors (Lipinski definition) is 3. The first-order valence-corrected chi connectivity index (χ1v) is 11.1. The molecular formula is C28H60N6. The van der Waals surface area contributed by atoms with Crippen molar-refractivity contribution in [3.05, 3.63) is 55.2 Å². The molecule has 6 heteroatoms. The minimum Gasteiger partial charge on any atom is -0.351 e. The summed E-state index contributed by atoms with van der Waals surface area (Å²) >= 11 is 0. The van der Waals surface area contributed by atoms with Crippen molar-refractivity contribution >= 4 is 0 Å². The molecule has 0 aliphatic heterocycles. The van der Waals surface area contributed by atoms with E-state index in [0.717, 1.165) is 11.5 Å². The van der Waals surface area contributed by atoms with E-state index in [1.165, 1.54) is 0 Å². The lowest BCUT2D eigenvalue weighted by Crippen LogP contribution is -1.93. The van der Waals surface area contributed by atoms with Crippen molar-refractivity contribution in [2.45, 2.75) is 112 Å². The van der Waals surface area contributed by atoms with Gasteiger partial charge in [-0.15, -0.1) is 0 Å². The van der Waals surface area contributed by atoms with E-state index in [1.807, 2.05) is 13.8 Å². The van der Waals surface area contributed by atoms with Crippen LogP contribution in [0.4, 0.5) is 0 Å². The third-order valence-electron chi connectivity index (χ3n) is 1.68. The van der Waals surface area contributed by atoms with Crippen LogP contribution in [0.2, 0.25) is 0 Å². The molecule has 3 N–H and O–H groups in total. The van der Waals surface area contributed by atoms with Crippen LogP contribution in [0.3, 0.4) is 0 Å². The third kappa shape index (κ3) is 87.8. The van der Waals surface area contributed by atoms with Crippen molar-refractivity contribution in [3.8, 4) is 0 Å². The average Bonchev–Trinajstić information content (AvgIpc) is 3.26. The maximum Gasteiger partial charge on any atom is 0.102 e. The minimum absolute atomic E-state index is 0. The number of rotatable bonds is 0. The molecule has 202 valence electrons. The Hall–Kier alpha value is -2.37. The van der Waals surface area contributed by atoms with Gasteiger partial charge in [-0.05, 0) is 30.1 Å². The molecule has 0 unspecified atom stereocenters. The maximum absolute atomic E-state index is 3.86. The molecule has 3 aromatic rings. The van der Waals surface area contributed by atoms with Crippen LogP contribution in [0.25, 0.3) is 0 Å². The van der Waals surface area contributed by atoms with Gasteiger partial charge in [0.05, 0.1) is 12.7 Å². The van der Waals surface area contributed by atoms with E-state index >= 15 is 0 Å². The number of imidazole rings is 3. The van der Waals surface area contributed by atoms with Gasteiger partial charge < -0.3 is 15.0 Å². The lowest BCUT2D eigenvalue weighted by molar-refractivity contribution is 0.469. The number of H-pyrrole nitrogens is 3. The molecule has 0 aromatic carbocycles. The molecule has 3 aromatic heterocycles. The molecule has 0 fully saturated rings. The van der Waals surface area contributed by atoms with Crippen molar-refractivity contribution in [1.82, 2.24) is 29.9 Å². The highest BCUT2D eigenvalue weighted by atomic mass is 14.9. The molecule has 0 aliphatic carbocycles. The summed E-state index contributed by atoms with van der Waals surface area (Å²) in [5.41, 5.74) is 2.61. The number of aryl methyl sites for hydroxylation is 2. The van der Waals surface area contributed by atoms with Crippen molar-refractivity contribution in [1.29, 1.82) is 0 Å². The summed E-state index contributed by atoms with van der Waals surface area (Å²) < 4.78 is 0. The first-order valence-electron chi connectivity index (χ1n) is 11.1. The molecule has 0 bridgehead atoms. The number of nitrogens with one attached hydrogen (secondary N) is 3. The molecule has 0 saturated heterocycles. The van der Waals surface area contributed by atoms with E-state index in [-0.39, 0.29) is 14.9 Å². The van der Waals surface area contributed by atoms with Gasteiger partial charge in [-0.3, -0.25) is 0 Å². The predicted octanol–water partition coefficient (Wildman–Crippen LogP) is 9.28. The van der Waals surface area contributed by atoms with Gasteiger partial charge >= 0.3 is 0 Å². The third-order valence-corrected chi connectivity index (χ3v) is 1.68. The zero-order chi connectivity index (χ0) is 25.8. The van der Waals surface area contributed by atoms with Crippen LogP contribution < -0.4 is 0 Å². The number of aromatic nitrogens is 6. The highest BCUT2D eigenvalue weighted by Gasteiger charge is 1.96. The molecule has 0 atom stereocenters. The lowest BCUT2D eigenvalue weighted by atomic mass is 10.0. The van der Waals surface area contributed by atoms with Crippen LogP contribution in [0.15, 0.2) is 43.6 Å². The molecule has 3 heterocycles. The molecule has 3 rings (SSSR count). The van der Waals surface area contributed by atoms with Crippen molar-refractivity contribution in [2.24, 2.45) is 16.2 Å². The second-order valence-corrected chi connectivity index (χ2v) is 12.2. The van der Waals surface area contributed by atoms with Gasteiger partial charge in [-0.25, -0.2) is 15.0 Å². The van der Waals surface area contributed by atoms with Crippen molar-refractivity contribution < 1.29 is 0 Å². The molecule has 6 nitrogen and oxygen atoms in total. The van der Waals surface area contributed by atoms with Gasteiger partial charge in [0.1, 0.15) is 5.82 Å². The lowest BCUT2D eigenvalue weighted by Gasteiger charge is -2.05. The summed E-state index contributed by atoms with van der Waals surface area (Å²) in [5, 5.41) is 0. The quantitative estimate of drug-likeness (QED) is 0.299. The molecule has 0 amide bonds. The van der Waals surface area contributed by atoms with Crippen LogP contribution in [-0.2, 0) is 0 Å². The Morgan fingerprint density at radius 2 is 1.03 bits per heavy atom. The Morgan fingerprint density at radius 1 is 0.588 bits per heavy atom. The van der Waals surface area contributed by atoms with Crippen LogP contribution in [0, 0.1) is 30.1 Å². The molecule has 34 heavy (non-hydrogen) atoms. The number of hydrogen-bond acceptors (Lipinski definition) is 3. The van der Waals surface area contributed by atoms with Crippen LogP contribution in [-0.4, -0.2) is 29.9 Å². The Bertz CT molecular complexity index is 582. The summed E-state index contributed by atoms with van der Waals surface area (Å²) in [6, 6.07) is 0. The second-order valence-electron chi connectivity index (χ2n) is 12.2. The largest absolute Gasteiger partial charge is 0.351 e. The highest BCUT2D eigenvalue weighted by Crippen LogP contribution is 2.08. The van der Waals surface area contributed by atoms with Crippen molar-refractivity contribution in [2.75, 3.05) is 0 Å². The Morgan fingerprint density at radius 3 is 1.12 bits per heavy atom. The van der Waals surface area contributed by atoms with E-state index in [1.54, 1.807) is 43.6 Å². The summed E-state index contributed by atoms with van der Waals surface area (Å²) in [5.74, 6) is 0.968. The van der Waals surface area contributed by atoms with E-state index < -0.39 is 0 Å². The SMILES string of the molecule is C.C.CC(C)(C)C.CC(C)(C)C.CC(C)(C)C.Cc1cnc[nH]1.Cc1ncc[nH]1.c1c[nH]cn1. The van der Waals surface area contributed by atoms with Gasteiger partial charge in [0.25, 0.3) is 0 Å². The fourth-order valence-electron chi connectivity index (χ4n) is 0.885. The number of aromatic amines is 3. The summed E-state index contributed by atoms with van der Waals surface area (Å²) in [6.07, 6.45) is 12.1. The summed E-state index contributed by atoms with van der Waals surface area (Å²) in [4.78, 5) is 19.8. The average molecular weight is 481 g/mol. The summed E-state index contributed by atoms with van der Waals surface area (Å²) in [7, 11) is 0. The highest BCUT2D eigenvalue weighted by molar-refractivity contribution is 4.87. The van der Waals surface area contributed by atoms with Crippen LogP contribution >= 0.6 is 0 Å². The predicted molar refractivity (Wildman–Crippen MR) is 154 cm³/mol. The fourth-order valence-corrected chi connectivity index (χ4v) is 0.885. The molecule has 0 spiro atoms. The first kappa shape index (κ1) is 41.8. The molecular weight excluding hydrogens is 420 g/mol. The second kappa shape index (κ2) is 22.4. The summed E-state index contributed by atoms with van der Waals surface area (Å²) in [6.45, 7) is 30.1. The minimum atomic E-state index is 0. The Balaban J connectivity index is -0.0000000981. The van der Waals surface area contributed by atoms with E-state index in [9.17, 15) is 0 Å². The van der Waals surface area contributed by atoms with Gasteiger partial charge in [0.2, 0.25) is 0 Å². The van der Waals surface area contributed by atoms with E-state index in [4.69, 9.17) is 0 Å². The fraction of sp³-hybridized carbons (Fsp3) is 0.679. The van der Waals surface area contributed by atoms with Gasteiger partial charge in [0.15, 0.2) is 0 Å². The number of nitrogens with zero attached hydrogens (tertiary/aromatic N) is 3. The Kier molecular flexibility index (Phi) is 27.6. The van der Waals surface area contributed by atoms with Gasteiger partial charge in [0, 0.05) is 36.7 Å². The maximum atomic E-state index is 3.86.